The predicted molar refractivity (Wildman–Crippen MR) is 176 cm³/mol. The first-order valence-electron chi connectivity index (χ1n) is 14.7. The number of imidazole rings is 1. The number of nitrogen functional groups attached to an aromatic ring is 1. The number of nitrogens with zero attached hydrogens (tertiary/aromatic N) is 7. The van der Waals surface area contributed by atoms with Gasteiger partial charge in [0.05, 0.1) is 17.8 Å². The summed E-state index contributed by atoms with van der Waals surface area (Å²) in [5.41, 5.74) is 10.5. The number of pyridine rings is 1. The van der Waals surface area contributed by atoms with Crippen LogP contribution in [-0.4, -0.2) is 68.4 Å². The van der Waals surface area contributed by atoms with Crippen molar-refractivity contribution in [2.24, 2.45) is 0 Å². The van der Waals surface area contributed by atoms with Crippen LogP contribution in [0.1, 0.15) is 35.0 Å². The molecule has 0 radical (unpaired) electrons. The molecule has 0 saturated heterocycles. The third kappa shape index (κ3) is 6.73. The van der Waals surface area contributed by atoms with E-state index in [-0.39, 0.29) is 23.9 Å². The van der Waals surface area contributed by atoms with Crippen LogP contribution in [-0.2, 0) is 17.6 Å². The lowest BCUT2D eigenvalue weighted by Gasteiger charge is -2.16. The van der Waals surface area contributed by atoms with Crippen molar-refractivity contribution in [2.75, 3.05) is 38.3 Å². The van der Waals surface area contributed by atoms with Crippen molar-refractivity contribution in [2.45, 2.75) is 26.2 Å². The maximum absolute atomic E-state index is 14.0. The van der Waals surface area contributed by atoms with Crippen LogP contribution in [0.4, 0.5) is 11.5 Å². The van der Waals surface area contributed by atoms with E-state index in [1.165, 1.54) is 26.4 Å². The van der Waals surface area contributed by atoms with Gasteiger partial charge in [0.1, 0.15) is 11.8 Å². The van der Waals surface area contributed by atoms with E-state index in [2.05, 4.69) is 21.9 Å². The summed E-state index contributed by atoms with van der Waals surface area (Å²) in [4.78, 5) is 56.3. The molecule has 1 amide bonds. The molecule has 0 bridgehead atoms. The van der Waals surface area contributed by atoms with Crippen LogP contribution in [0.15, 0.2) is 90.1 Å². The molecule has 0 spiro atoms. The fourth-order valence-corrected chi connectivity index (χ4v) is 5.10. The summed E-state index contributed by atoms with van der Waals surface area (Å²) < 4.78 is 2.87. The smallest absolute Gasteiger partial charge is 0.339 e. The highest BCUT2D eigenvalue weighted by Gasteiger charge is 2.21. The van der Waals surface area contributed by atoms with Gasteiger partial charge in [0.15, 0.2) is 17.2 Å². The van der Waals surface area contributed by atoms with Gasteiger partial charge in [0, 0.05) is 42.8 Å². The molecule has 0 aliphatic carbocycles. The summed E-state index contributed by atoms with van der Waals surface area (Å²) in [6.07, 6.45) is 8.48. The Labute approximate surface area is 261 Å². The fourth-order valence-electron chi connectivity index (χ4n) is 5.10. The lowest BCUT2D eigenvalue weighted by molar-refractivity contribution is -0.113. The number of aryl methyl sites for hydroxylation is 1. The van der Waals surface area contributed by atoms with Crippen molar-refractivity contribution >= 4 is 34.4 Å². The third-order valence-electron chi connectivity index (χ3n) is 7.39. The molecule has 0 unspecified atom stereocenters. The molecular formula is C34H36N8O3. The van der Waals surface area contributed by atoms with Gasteiger partial charge < -0.3 is 15.5 Å². The zero-order chi connectivity index (χ0) is 32.1. The minimum absolute atomic E-state index is 0.0765. The molecule has 0 fully saturated rings. The highest BCUT2D eigenvalue weighted by atomic mass is 16.2. The molecule has 0 aliphatic heterocycles. The second kappa shape index (κ2) is 13.5. The largest absolute Gasteiger partial charge is 0.382 e. The molecule has 11 heteroatoms. The number of hydrogen-bond acceptors (Lipinski definition) is 8. The van der Waals surface area contributed by atoms with E-state index in [9.17, 15) is 14.4 Å². The number of likely N-dealkylation sites (N-methyl/N-ethyl adjacent to an activating group) is 2. The average molecular weight is 605 g/mol. The number of carbonyl (C=O) groups excluding carboxylic acids is 2. The van der Waals surface area contributed by atoms with Crippen molar-refractivity contribution in [1.82, 2.24) is 29.0 Å². The molecule has 2 N–H and O–H groups in total. The Kier molecular flexibility index (Phi) is 9.29. The van der Waals surface area contributed by atoms with Gasteiger partial charge in [0.2, 0.25) is 5.91 Å². The summed E-state index contributed by atoms with van der Waals surface area (Å²) in [6.45, 7) is 2.75. The first-order chi connectivity index (χ1) is 21.7. The van der Waals surface area contributed by atoms with Crippen LogP contribution >= 0.6 is 0 Å². The number of hydrogen-bond donors (Lipinski definition) is 1. The molecule has 0 aliphatic rings. The van der Waals surface area contributed by atoms with Gasteiger partial charge in [-0.1, -0.05) is 25.5 Å². The molecule has 0 atom stereocenters. The Morgan fingerprint density at radius 2 is 1.71 bits per heavy atom. The number of nitrogens with two attached hydrogens (primary N) is 1. The van der Waals surface area contributed by atoms with Gasteiger partial charge in [-0.25, -0.2) is 19.3 Å². The maximum atomic E-state index is 14.0. The van der Waals surface area contributed by atoms with Gasteiger partial charge in [-0.05, 0) is 80.7 Å². The van der Waals surface area contributed by atoms with Crippen LogP contribution in [0.3, 0.4) is 0 Å². The van der Waals surface area contributed by atoms with Crippen molar-refractivity contribution in [3.63, 3.8) is 0 Å². The Morgan fingerprint density at radius 1 is 0.933 bits per heavy atom. The van der Waals surface area contributed by atoms with E-state index in [1.54, 1.807) is 67.9 Å². The van der Waals surface area contributed by atoms with Gasteiger partial charge >= 0.3 is 5.69 Å². The number of ketones is 1. The topological polar surface area (TPSA) is 132 Å². The standard InChI is InChI=1S/C34H36N8O3/c1-5-8-23-16-17-36-25(19-23)20-29(43)24-12-14-26(15-13-24)41-31-32(35)37-22-38-33(31)42(34(41)45)28-10-6-9-27(21-28)40(4)30(44)11-7-18-39(2)3/h6-7,9-17,19,21-22H,5,8,18,20H2,1-4H3,(H2,35,37,38)/b11-7+. The molecular weight excluding hydrogens is 568 g/mol. The summed E-state index contributed by atoms with van der Waals surface area (Å²) in [5.74, 6) is -0.148. The van der Waals surface area contributed by atoms with E-state index in [4.69, 9.17) is 5.73 Å². The molecule has 0 saturated carbocycles. The predicted octanol–water partition coefficient (Wildman–Crippen LogP) is 4.01. The zero-order valence-electron chi connectivity index (χ0n) is 25.8. The second-order valence-corrected chi connectivity index (χ2v) is 11.0. The summed E-state index contributed by atoms with van der Waals surface area (Å²) >= 11 is 0. The van der Waals surface area contributed by atoms with Crippen molar-refractivity contribution in [1.29, 1.82) is 0 Å². The lowest BCUT2D eigenvalue weighted by atomic mass is 10.0. The zero-order valence-corrected chi connectivity index (χ0v) is 25.8. The molecule has 5 rings (SSSR count). The summed E-state index contributed by atoms with van der Waals surface area (Å²) in [5, 5.41) is 0. The van der Waals surface area contributed by atoms with E-state index in [0.717, 1.165) is 24.1 Å². The second-order valence-electron chi connectivity index (χ2n) is 11.0. The highest BCUT2D eigenvalue weighted by molar-refractivity contribution is 6.01. The number of fused-ring (bicyclic) bond motifs is 1. The monoisotopic (exact) mass is 604 g/mol. The van der Waals surface area contributed by atoms with Gasteiger partial charge in [-0.15, -0.1) is 0 Å². The van der Waals surface area contributed by atoms with Crippen molar-refractivity contribution in [3.05, 3.63) is 113 Å². The number of Topliss-reactive ketones (excluding diaryl/α,β-unsaturated/α-hetero) is 1. The van der Waals surface area contributed by atoms with Crippen LogP contribution in [0.2, 0.25) is 0 Å². The number of amides is 1. The Morgan fingerprint density at radius 3 is 2.44 bits per heavy atom. The quantitative estimate of drug-likeness (QED) is 0.177. The number of rotatable bonds is 11. The summed E-state index contributed by atoms with van der Waals surface area (Å²) in [6, 6.07) is 17.8. The maximum Gasteiger partial charge on any atom is 0.339 e. The van der Waals surface area contributed by atoms with Gasteiger partial charge in [-0.2, -0.15) is 0 Å². The van der Waals surface area contributed by atoms with E-state index < -0.39 is 5.69 Å². The molecule has 2 aromatic carbocycles. The Balaban J connectivity index is 1.48. The van der Waals surface area contributed by atoms with Crippen molar-refractivity contribution in [3.8, 4) is 11.4 Å². The SMILES string of the molecule is CCCc1ccnc(CC(=O)c2ccc(-n3c(=O)n(-c4cccc(N(C)C(=O)/C=C/CN(C)C)c4)c4ncnc(N)c43)cc2)c1. The third-order valence-corrected chi connectivity index (χ3v) is 7.39. The fraction of sp³-hybridized carbons (Fsp3) is 0.235. The molecule has 45 heavy (non-hydrogen) atoms. The molecule has 230 valence electrons. The minimum Gasteiger partial charge on any atom is -0.382 e. The van der Waals surface area contributed by atoms with E-state index in [0.29, 0.717) is 40.3 Å². The van der Waals surface area contributed by atoms with Crippen LogP contribution in [0.5, 0.6) is 0 Å². The number of benzene rings is 2. The van der Waals surface area contributed by atoms with Crippen LogP contribution < -0.4 is 16.3 Å². The lowest BCUT2D eigenvalue weighted by Crippen LogP contribution is -2.25. The minimum atomic E-state index is -0.426. The number of anilines is 2. The normalized spacial score (nSPS) is 11.5. The molecule has 3 aromatic heterocycles. The molecule has 11 nitrogen and oxygen atoms in total. The van der Waals surface area contributed by atoms with Gasteiger partial charge in [-0.3, -0.25) is 19.1 Å². The first-order valence-corrected chi connectivity index (χ1v) is 14.7. The van der Waals surface area contributed by atoms with E-state index in [1.807, 2.05) is 31.1 Å². The Hall–Kier alpha value is -5.42. The number of aromatic nitrogens is 5. The highest BCUT2D eigenvalue weighted by Crippen LogP contribution is 2.25. The first kappa shape index (κ1) is 31.0. The van der Waals surface area contributed by atoms with Gasteiger partial charge in [0.25, 0.3) is 0 Å². The summed E-state index contributed by atoms with van der Waals surface area (Å²) in [7, 11) is 5.52. The van der Waals surface area contributed by atoms with Crippen molar-refractivity contribution < 1.29 is 9.59 Å². The Bertz CT molecular complexity index is 1940. The van der Waals surface area contributed by atoms with Crippen LogP contribution in [0.25, 0.3) is 22.5 Å². The van der Waals surface area contributed by atoms with Crippen LogP contribution in [0, 0.1) is 0 Å². The average Bonchev–Trinajstić information content (AvgIpc) is 3.33. The van der Waals surface area contributed by atoms with E-state index >= 15 is 0 Å². The molecule has 3 heterocycles. The number of carbonyl (C=O) groups is 2. The molecule has 5 aromatic rings.